The number of hydrogen-bond acceptors (Lipinski definition) is 6. The Morgan fingerprint density at radius 2 is 1.96 bits per heavy atom. The van der Waals surface area contributed by atoms with E-state index >= 15 is 0 Å². The molecule has 6 nitrogen and oxygen atoms in total. The lowest BCUT2D eigenvalue weighted by molar-refractivity contribution is 0.284. The van der Waals surface area contributed by atoms with Gasteiger partial charge in [-0.3, -0.25) is 5.32 Å². The molecule has 0 fully saturated rings. The van der Waals surface area contributed by atoms with Crippen molar-refractivity contribution in [1.29, 1.82) is 10.5 Å². The molecule has 0 aromatic heterocycles. The zero-order valence-electron chi connectivity index (χ0n) is 13.8. The van der Waals surface area contributed by atoms with Gasteiger partial charge in [0.15, 0.2) is 22.9 Å². The molecule has 0 unspecified atom stereocenters. The molecular weight excluding hydrogens is 336 g/mol. The summed E-state index contributed by atoms with van der Waals surface area (Å²) in [5.41, 5.74) is 1.74. The van der Waals surface area contributed by atoms with Crippen LogP contribution in [-0.4, -0.2) is 18.5 Å². The molecule has 0 aliphatic heterocycles. The van der Waals surface area contributed by atoms with E-state index in [2.05, 4.69) is 16.4 Å². The summed E-state index contributed by atoms with van der Waals surface area (Å²) in [6.45, 7) is 0.359. The molecule has 0 radical (unpaired) electrons. The maximum Gasteiger partial charge on any atom is 0.183 e. The molecule has 2 rings (SSSR count). The smallest absolute Gasteiger partial charge is 0.183 e. The van der Waals surface area contributed by atoms with E-state index in [0.717, 1.165) is 5.56 Å². The van der Waals surface area contributed by atoms with E-state index in [0.29, 0.717) is 34.5 Å². The van der Waals surface area contributed by atoms with Crippen molar-refractivity contribution in [1.82, 2.24) is 5.32 Å². The minimum atomic E-state index is 0.329. The third-order valence-corrected chi connectivity index (χ3v) is 3.80. The molecule has 2 aromatic rings. The highest BCUT2D eigenvalue weighted by molar-refractivity contribution is 8.13. The molecule has 0 aliphatic carbocycles. The Morgan fingerprint density at radius 3 is 2.56 bits per heavy atom. The Hall–Kier alpha value is -3.16. The Balaban J connectivity index is 2.37. The van der Waals surface area contributed by atoms with Gasteiger partial charge in [-0.15, -0.1) is 0 Å². The Bertz CT molecular complexity index is 839. The van der Waals surface area contributed by atoms with Crippen LogP contribution >= 0.6 is 11.8 Å². The molecule has 7 heteroatoms. The van der Waals surface area contributed by atoms with Gasteiger partial charge in [-0.1, -0.05) is 42.1 Å². The van der Waals surface area contributed by atoms with Gasteiger partial charge in [-0.25, -0.2) is 4.99 Å². The van der Waals surface area contributed by atoms with Crippen LogP contribution in [0.1, 0.15) is 11.1 Å². The molecule has 2 aromatic carbocycles. The Labute approximate surface area is 150 Å². The molecule has 0 bridgehead atoms. The van der Waals surface area contributed by atoms with Crippen LogP contribution in [0.2, 0.25) is 0 Å². The molecule has 0 spiro atoms. The van der Waals surface area contributed by atoms with Crippen molar-refractivity contribution in [2.75, 3.05) is 13.4 Å². The van der Waals surface area contributed by atoms with Gasteiger partial charge < -0.3 is 9.47 Å². The number of amidine groups is 1. The molecule has 0 amide bonds. The summed E-state index contributed by atoms with van der Waals surface area (Å²) >= 11 is 1.27. The number of benzene rings is 2. The van der Waals surface area contributed by atoms with Crippen LogP contribution in [0.3, 0.4) is 0 Å². The van der Waals surface area contributed by atoms with E-state index in [9.17, 15) is 5.26 Å². The zero-order chi connectivity index (χ0) is 18.1. The van der Waals surface area contributed by atoms with Crippen molar-refractivity contribution in [3.8, 4) is 23.8 Å². The van der Waals surface area contributed by atoms with E-state index < -0.39 is 0 Å². The number of ether oxygens (including phenoxy) is 2. The summed E-state index contributed by atoms with van der Waals surface area (Å²) in [4.78, 5) is 4.32. The van der Waals surface area contributed by atoms with Crippen molar-refractivity contribution in [3.63, 3.8) is 0 Å². The lowest BCUT2D eigenvalue weighted by Gasteiger charge is -2.13. The standard InChI is InChI=1S/C18H16N4O2S/c1-23-16-8-14(10-19)15(22-18(25-2)21-12-20)9-17(16)24-11-13-6-4-3-5-7-13/h3-9H,11H2,1-2H3,(H,21,22). The average molecular weight is 352 g/mol. The number of nitrogens with one attached hydrogen (secondary N) is 1. The Kier molecular flexibility index (Phi) is 6.70. The molecule has 25 heavy (non-hydrogen) atoms. The fraction of sp³-hybridized carbons (Fsp3) is 0.167. The molecule has 126 valence electrons. The third kappa shape index (κ3) is 4.90. The Morgan fingerprint density at radius 1 is 1.20 bits per heavy atom. The first kappa shape index (κ1) is 18.2. The van der Waals surface area contributed by atoms with Gasteiger partial charge in [0.2, 0.25) is 0 Å². The minimum Gasteiger partial charge on any atom is -0.493 e. The number of methoxy groups -OCH3 is 1. The second-order valence-electron chi connectivity index (χ2n) is 4.76. The number of nitrogens with zero attached hydrogens (tertiary/aromatic N) is 3. The second-order valence-corrected chi connectivity index (χ2v) is 5.56. The number of hydrogen-bond donors (Lipinski definition) is 1. The highest BCUT2D eigenvalue weighted by atomic mass is 32.2. The number of thioether (sulfide) groups is 1. The van der Waals surface area contributed by atoms with Gasteiger partial charge in [0.1, 0.15) is 12.7 Å². The van der Waals surface area contributed by atoms with E-state index in [-0.39, 0.29) is 0 Å². The van der Waals surface area contributed by atoms with Crippen LogP contribution in [0.25, 0.3) is 0 Å². The van der Waals surface area contributed by atoms with Crippen LogP contribution in [0.4, 0.5) is 5.69 Å². The summed E-state index contributed by atoms with van der Waals surface area (Å²) in [6, 6.07) is 15.0. The lowest BCUT2D eigenvalue weighted by atomic mass is 10.1. The van der Waals surface area contributed by atoms with Gasteiger partial charge in [0.05, 0.1) is 18.4 Å². The van der Waals surface area contributed by atoms with E-state index in [4.69, 9.17) is 14.7 Å². The van der Waals surface area contributed by atoms with Gasteiger partial charge in [0, 0.05) is 12.1 Å². The summed E-state index contributed by atoms with van der Waals surface area (Å²) in [7, 11) is 1.51. The molecule has 0 atom stereocenters. The first-order chi connectivity index (χ1) is 12.2. The maximum absolute atomic E-state index is 9.34. The monoisotopic (exact) mass is 352 g/mol. The topological polar surface area (TPSA) is 90.4 Å². The largest absolute Gasteiger partial charge is 0.493 e. The van der Waals surface area contributed by atoms with Gasteiger partial charge in [-0.05, 0) is 11.8 Å². The average Bonchev–Trinajstić information content (AvgIpc) is 2.66. The van der Waals surface area contributed by atoms with E-state index in [1.807, 2.05) is 36.5 Å². The van der Waals surface area contributed by atoms with Crippen molar-refractivity contribution in [2.45, 2.75) is 6.61 Å². The summed E-state index contributed by atoms with van der Waals surface area (Å²) < 4.78 is 11.1. The first-order valence-corrected chi connectivity index (χ1v) is 8.51. The van der Waals surface area contributed by atoms with Crippen molar-refractivity contribution in [2.24, 2.45) is 4.99 Å². The maximum atomic E-state index is 9.34. The lowest BCUT2D eigenvalue weighted by Crippen LogP contribution is -2.12. The normalized spacial score (nSPS) is 10.5. The molecule has 0 heterocycles. The number of aliphatic imine (C=N–C) groups is 1. The fourth-order valence-electron chi connectivity index (χ4n) is 2.02. The zero-order valence-corrected chi connectivity index (χ0v) is 14.6. The molecule has 0 saturated carbocycles. The predicted octanol–water partition coefficient (Wildman–Crippen LogP) is 3.57. The van der Waals surface area contributed by atoms with Crippen LogP contribution in [0.5, 0.6) is 11.5 Å². The van der Waals surface area contributed by atoms with Gasteiger partial charge >= 0.3 is 0 Å². The van der Waals surface area contributed by atoms with Crippen molar-refractivity contribution < 1.29 is 9.47 Å². The van der Waals surface area contributed by atoms with Crippen molar-refractivity contribution >= 4 is 22.6 Å². The van der Waals surface area contributed by atoms with Gasteiger partial charge in [0.25, 0.3) is 0 Å². The number of rotatable bonds is 5. The molecular formula is C18H16N4O2S. The SMILES string of the molecule is COc1cc(C#N)c(N=C(NC#N)SC)cc1OCc1ccccc1. The summed E-state index contributed by atoms with van der Waals surface area (Å²) in [5, 5.41) is 21.0. The molecule has 0 aliphatic rings. The van der Waals surface area contributed by atoms with Crippen LogP contribution < -0.4 is 14.8 Å². The highest BCUT2D eigenvalue weighted by Crippen LogP contribution is 2.35. The quantitative estimate of drug-likeness (QED) is 0.383. The predicted molar refractivity (Wildman–Crippen MR) is 97.8 cm³/mol. The van der Waals surface area contributed by atoms with Gasteiger partial charge in [-0.2, -0.15) is 10.5 Å². The summed E-state index contributed by atoms with van der Waals surface area (Å²) in [6.07, 6.45) is 3.60. The fourth-order valence-corrected chi connectivity index (χ4v) is 2.36. The minimum absolute atomic E-state index is 0.329. The van der Waals surface area contributed by atoms with E-state index in [1.165, 1.54) is 18.9 Å². The summed E-state index contributed by atoms with van der Waals surface area (Å²) in [5.74, 6) is 0.923. The number of nitriles is 2. The van der Waals surface area contributed by atoms with Crippen molar-refractivity contribution in [3.05, 3.63) is 53.6 Å². The van der Waals surface area contributed by atoms with E-state index in [1.54, 1.807) is 18.4 Å². The molecule has 1 N–H and O–H groups in total. The second kappa shape index (κ2) is 9.21. The van der Waals surface area contributed by atoms with Crippen LogP contribution in [0.15, 0.2) is 47.5 Å². The van der Waals surface area contributed by atoms with Crippen LogP contribution in [-0.2, 0) is 6.61 Å². The highest BCUT2D eigenvalue weighted by Gasteiger charge is 2.12. The third-order valence-electron chi connectivity index (χ3n) is 3.22. The first-order valence-electron chi connectivity index (χ1n) is 7.28. The van der Waals surface area contributed by atoms with Crippen LogP contribution in [0, 0.1) is 22.8 Å². The molecule has 0 saturated heterocycles.